The third kappa shape index (κ3) is 2.91. The number of carbonyl (C=O) groups excluding carboxylic acids is 1. The van der Waals surface area contributed by atoms with E-state index in [1.807, 2.05) is 32.0 Å². The van der Waals surface area contributed by atoms with Gasteiger partial charge in [0.25, 0.3) is 5.91 Å². The monoisotopic (exact) mass is 271 g/mol. The fourth-order valence-corrected chi connectivity index (χ4v) is 1.88. The number of methoxy groups -OCH3 is 1. The third-order valence-electron chi connectivity index (χ3n) is 3.09. The molecule has 4 nitrogen and oxygen atoms in total. The minimum absolute atomic E-state index is 0.0754. The van der Waals surface area contributed by atoms with Gasteiger partial charge in [0.05, 0.1) is 12.7 Å². The second kappa shape index (κ2) is 5.65. The van der Waals surface area contributed by atoms with Crippen LogP contribution in [0.25, 0.3) is 0 Å². The molecule has 0 heterocycles. The van der Waals surface area contributed by atoms with Crippen LogP contribution in [0.2, 0.25) is 0 Å². The smallest absolute Gasteiger partial charge is 0.259 e. The molecule has 20 heavy (non-hydrogen) atoms. The fourth-order valence-electron chi connectivity index (χ4n) is 1.88. The average molecular weight is 271 g/mol. The topological polar surface area (TPSA) is 58.6 Å². The second-order valence-electron chi connectivity index (χ2n) is 4.66. The molecule has 2 aromatic carbocycles. The number of carbonyl (C=O) groups is 1. The Morgan fingerprint density at radius 3 is 2.60 bits per heavy atom. The summed E-state index contributed by atoms with van der Waals surface area (Å²) in [6.45, 7) is 3.87. The van der Waals surface area contributed by atoms with Crippen molar-refractivity contribution in [3.05, 3.63) is 53.1 Å². The van der Waals surface area contributed by atoms with Crippen LogP contribution in [-0.2, 0) is 0 Å². The third-order valence-corrected chi connectivity index (χ3v) is 3.09. The minimum atomic E-state index is -0.366. The molecule has 2 rings (SSSR count). The lowest BCUT2D eigenvalue weighted by Gasteiger charge is -2.11. The summed E-state index contributed by atoms with van der Waals surface area (Å²) in [5, 5.41) is 12.6. The summed E-state index contributed by atoms with van der Waals surface area (Å²) in [5.74, 6) is 0.0811. The van der Waals surface area contributed by atoms with Gasteiger partial charge in [-0.15, -0.1) is 0 Å². The number of aryl methyl sites for hydroxylation is 2. The van der Waals surface area contributed by atoms with Crippen LogP contribution in [0, 0.1) is 13.8 Å². The number of phenolic OH excluding ortho intramolecular Hbond substituents is 1. The van der Waals surface area contributed by atoms with E-state index >= 15 is 0 Å². The zero-order chi connectivity index (χ0) is 14.7. The van der Waals surface area contributed by atoms with Crippen molar-refractivity contribution >= 4 is 11.6 Å². The molecule has 0 fully saturated rings. The number of anilines is 1. The molecule has 0 bridgehead atoms. The van der Waals surface area contributed by atoms with E-state index in [2.05, 4.69) is 5.32 Å². The summed E-state index contributed by atoms with van der Waals surface area (Å²) < 4.78 is 5.06. The molecule has 0 aliphatic heterocycles. The van der Waals surface area contributed by atoms with Crippen molar-refractivity contribution in [3.8, 4) is 11.5 Å². The van der Waals surface area contributed by atoms with E-state index in [-0.39, 0.29) is 17.2 Å². The minimum Gasteiger partial charge on any atom is -0.507 e. The zero-order valence-corrected chi connectivity index (χ0v) is 11.7. The van der Waals surface area contributed by atoms with E-state index in [1.54, 1.807) is 6.07 Å². The first-order valence-electron chi connectivity index (χ1n) is 6.27. The van der Waals surface area contributed by atoms with Crippen molar-refractivity contribution in [1.29, 1.82) is 0 Å². The highest BCUT2D eigenvalue weighted by Gasteiger charge is 2.13. The van der Waals surface area contributed by atoms with E-state index in [9.17, 15) is 9.90 Å². The normalized spacial score (nSPS) is 10.2. The first-order chi connectivity index (χ1) is 9.51. The van der Waals surface area contributed by atoms with Gasteiger partial charge in [-0.2, -0.15) is 0 Å². The summed E-state index contributed by atoms with van der Waals surface area (Å²) >= 11 is 0. The van der Waals surface area contributed by atoms with Gasteiger partial charge in [0, 0.05) is 5.69 Å². The largest absolute Gasteiger partial charge is 0.507 e. The van der Waals surface area contributed by atoms with Crippen LogP contribution in [0.3, 0.4) is 0 Å². The Labute approximate surface area is 118 Å². The molecular formula is C16H17NO3. The molecular weight excluding hydrogens is 254 g/mol. The number of benzene rings is 2. The van der Waals surface area contributed by atoms with E-state index in [4.69, 9.17) is 4.74 Å². The van der Waals surface area contributed by atoms with Crippen molar-refractivity contribution in [2.24, 2.45) is 0 Å². The maximum absolute atomic E-state index is 12.2. The number of hydrogen-bond donors (Lipinski definition) is 2. The van der Waals surface area contributed by atoms with E-state index in [0.717, 1.165) is 16.8 Å². The van der Waals surface area contributed by atoms with Gasteiger partial charge < -0.3 is 15.2 Å². The van der Waals surface area contributed by atoms with Crippen LogP contribution < -0.4 is 10.1 Å². The number of amides is 1. The number of hydrogen-bond acceptors (Lipinski definition) is 3. The lowest BCUT2D eigenvalue weighted by molar-refractivity contribution is 0.102. The first kappa shape index (κ1) is 13.9. The number of phenols is 1. The molecule has 0 aliphatic rings. The van der Waals surface area contributed by atoms with Crippen LogP contribution >= 0.6 is 0 Å². The molecule has 1 amide bonds. The average Bonchev–Trinajstić information content (AvgIpc) is 2.43. The van der Waals surface area contributed by atoms with Gasteiger partial charge in [0.1, 0.15) is 11.5 Å². The van der Waals surface area contributed by atoms with Crippen LogP contribution in [0.1, 0.15) is 21.5 Å². The summed E-state index contributed by atoms with van der Waals surface area (Å²) in [5.41, 5.74) is 2.94. The zero-order valence-electron chi connectivity index (χ0n) is 11.7. The van der Waals surface area contributed by atoms with Crippen LogP contribution in [0.4, 0.5) is 5.69 Å². The first-order valence-corrected chi connectivity index (χ1v) is 6.27. The van der Waals surface area contributed by atoms with Gasteiger partial charge in [-0.25, -0.2) is 0 Å². The second-order valence-corrected chi connectivity index (χ2v) is 4.66. The standard InChI is InChI=1S/C16H17NO3/c1-10-4-5-11(2)14(8-10)17-16(19)13-9-12(20-3)6-7-15(13)18/h4-9,18H,1-3H3,(H,17,19). The Kier molecular flexibility index (Phi) is 3.94. The lowest BCUT2D eigenvalue weighted by Crippen LogP contribution is -2.13. The maximum atomic E-state index is 12.2. The molecule has 2 aromatic rings. The van der Waals surface area contributed by atoms with Crippen molar-refractivity contribution in [2.45, 2.75) is 13.8 Å². The van der Waals surface area contributed by atoms with Gasteiger partial charge in [-0.05, 0) is 49.2 Å². The van der Waals surface area contributed by atoms with Crippen molar-refractivity contribution in [2.75, 3.05) is 12.4 Å². The van der Waals surface area contributed by atoms with Crippen molar-refractivity contribution < 1.29 is 14.6 Å². The van der Waals surface area contributed by atoms with E-state index < -0.39 is 0 Å². The Bertz CT molecular complexity index is 650. The summed E-state index contributed by atoms with van der Waals surface area (Å²) in [6, 6.07) is 10.4. The fraction of sp³-hybridized carbons (Fsp3) is 0.188. The highest BCUT2D eigenvalue weighted by Crippen LogP contribution is 2.25. The quantitative estimate of drug-likeness (QED) is 0.900. The van der Waals surface area contributed by atoms with E-state index in [0.29, 0.717) is 5.75 Å². The Hall–Kier alpha value is -2.49. The summed E-state index contributed by atoms with van der Waals surface area (Å²) in [7, 11) is 1.51. The predicted molar refractivity (Wildman–Crippen MR) is 78.5 cm³/mol. The van der Waals surface area contributed by atoms with Crippen LogP contribution in [-0.4, -0.2) is 18.1 Å². The van der Waals surface area contributed by atoms with Crippen LogP contribution in [0.5, 0.6) is 11.5 Å². The number of ether oxygens (including phenoxy) is 1. The van der Waals surface area contributed by atoms with E-state index in [1.165, 1.54) is 19.2 Å². The highest BCUT2D eigenvalue weighted by atomic mass is 16.5. The van der Waals surface area contributed by atoms with Crippen molar-refractivity contribution in [3.63, 3.8) is 0 Å². The molecule has 0 atom stereocenters. The molecule has 0 radical (unpaired) electrons. The summed E-state index contributed by atoms with van der Waals surface area (Å²) in [4.78, 5) is 12.2. The molecule has 2 N–H and O–H groups in total. The van der Waals surface area contributed by atoms with Crippen LogP contribution in [0.15, 0.2) is 36.4 Å². The van der Waals surface area contributed by atoms with Gasteiger partial charge >= 0.3 is 0 Å². The van der Waals surface area contributed by atoms with Gasteiger partial charge in [-0.1, -0.05) is 12.1 Å². The lowest BCUT2D eigenvalue weighted by atomic mass is 10.1. The molecule has 0 aliphatic carbocycles. The molecule has 0 aromatic heterocycles. The molecule has 0 saturated heterocycles. The summed E-state index contributed by atoms with van der Waals surface area (Å²) in [6.07, 6.45) is 0. The maximum Gasteiger partial charge on any atom is 0.259 e. The van der Waals surface area contributed by atoms with Gasteiger partial charge in [0.15, 0.2) is 0 Å². The number of nitrogens with one attached hydrogen (secondary N) is 1. The Morgan fingerprint density at radius 1 is 1.15 bits per heavy atom. The Morgan fingerprint density at radius 2 is 1.90 bits per heavy atom. The molecule has 0 unspecified atom stereocenters. The molecule has 0 saturated carbocycles. The Balaban J connectivity index is 2.30. The molecule has 0 spiro atoms. The predicted octanol–water partition coefficient (Wildman–Crippen LogP) is 3.27. The SMILES string of the molecule is COc1ccc(O)c(C(=O)Nc2cc(C)ccc2C)c1. The van der Waals surface area contributed by atoms with Crippen molar-refractivity contribution in [1.82, 2.24) is 0 Å². The number of aromatic hydroxyl groups is 1. The number of rotatable bonds is 3. The molecule has 104 valence electrons. The molecule has 4 heteroatoms. The van der Waals surface area contributed by atoms with Gasteiger partial charge in [-0.3, -0.25) is 4.79 Å². The van der Waals surface area contributed by atoms with Gasteiger partial charge in [0.2, 0.25) is 0 Å². The highest BCUT2D eigenvalue weighted by molar-refractivity contribution is 6.06.